The third kappa shape index (κ3) is 2.15. The molecule has 0 saturated heterocycles. The van der Waals surface area contributed by atoms with E-state index >= 15 is 0 Å². The number of hydrogen-bond acceptors (Lipinski definition) is 3. The van der Waals surface area contributed by atoms with Gasteiger partial charge in [-0.3, -0.25) is 9.59 Å². The van der Waals surface area contributed by atoms with Crippen LogP contribution in [-0.2, 0) is 9.59 Å². The van der Waals surface area contributed by atoms with Crippen molar-refractivity contribution < 1.29 is 19.8 Å². The first-order valence-electron chi connectivity index (χ1n) is 9.01. The summed E-state index contributed by atoms with van der Waals surface area (Å²) in [5.74, 6) is -0.751. The average molecular weight is 332 g/mol. The summed E-state index contributed by atoms with van der Waals surface area (Å²) in [6.07, 6.45) is 8.05. The number of carbonyl (C=O) groups excluding carboxylic acids is 1. The maximum atomic E-state index is 12.0. The molecule has 0 aromatic heterocycles. The zero-order valence-electron chi connectivity index (χ0n) is 14.9. The number of carboxylic acid groups (broad SMARTS) is 1. The van der Waals surface area contributed by atoms with Crippen LogP contribution >= 0.6 is 0 Å². The zero-order chi connectivity index (χ0) is 17.8. The van der Waals surface area contributed by atoms with Crippen molar-refractivity contribution in [3.8, 4) is 0 Å². The van der Waals surface area contributed by atoms with Crippen molar-refractivity contribution in [2.45, 2.75) is 71.3 Å². The molecule has 3 rings (SSSR count). The smallest absolute Gasteiger partial charge is 0.309 e. The lowest BCUT2D eigenvalue weighted by molar-refractivity contribution is -0.185. The molecule has 4 atom stereocenters. The first-order valence-corrected chi connectivity index (χ1v) is 9.01. The lowest BCUT2D eigenvalue weighted by Crippen LogP contribution is -2.62. The van der Waals surface area contributed by atoms with Crippen molar-refractivity contribution in [1.29, 1.82) is 0 Å². The van der Waals surface area contributed by atoms with Gasteiger partial charge in [-0.25, -0.2) is 0 Å². The van der Waals surface area contributed by atoms with Gasteiger partial charge in [0.2, 0.25) is 0 Å². The molecule has 2 fully saturated rings. The monoisotopic (exact) mass is 332 g/mol. The Kier molecular flexibility index (Phi) is 4.03. The van der Waals surface area contributed by atoms with Crippen molar-refractivity contribution in [3.05, 3.63) is 22.8 Å². The highest BCUT2D eigenvalue weighted by Gasteiger charge is 2.63. The fourth-order valence-corrected chi connectivity index (χ4v) is 5.76. The van der Waals surface area contributed by atoms with Crippen LogP contribution in [0.25, 0.3) is 0 Å². The van der Waals surface area contributed by atoms with Gasteiger partial charge in [-0.1, -0.05) is 19.4 Å². The lowest BCUT2D eigenvalue weighted by atomic mass is 9.44. The van der Waals surface area contributed by atoms with Gasteiger partial charge in [0.25, 0.3) is 0 Å². The Morgan fingerprint density at radius 3 is 2.58 bits per heavy atom. The molecule has 0 heterocycles. The Morgan fingerprint density at radius 1 is 1.25 bits per heavy atom. The number of fused-ring (bicyclic) bond motifs is 3. The molecule has 4 unspecified atom stereocenters. The van der Waals surface area contributed by atoms with E-state index in [0.717, 1.165) is 48.7 Å². The molecule has 0 spiro atoms. The van der Waals surface area contributed by atoms with Crippen molar-refractivity contribution in [2.24, 2.45) is 16.7 Å². The average Bonchev–Trinajstić information content (AvgIpc) is 2.54. The molecule has 4 nitrogen and oxygen atoms in total. The van der Waals surface area contributed by atoms with E-state index < -0.39 is 22.4 Å². The van der Waals surface area contributed by atoms with Crippen LogP contribution in [0.5, 0.6) is 0 Å². The number of allylic oxidation sites excluding steroid dienone is 3. The van der Waals surface area contributed by atoms with Gasteiger partial charge in [0.15, 0.2) is 0 Å². The van der Waals surface area contributed by atoms with Gasteiger partial charge >= 0.3 is 5.97 Å². The van der Waals surface area contributed by atoms with Crippen LogP contribution in [0, 0.1) is 16.7 Å². The molecule has 0 amide bonds. The third-order valence-electron chi connectivity index (χ3n) is 7.39. The molecular weight excluding hydrogens is 304 g/mol. The summed E-state index contributed by atoms with van der Waals surface area (Å²) in [4.78, 5) is 23.1. The standard InChI is InChI=1S/C20H28O4/c1-13(12-21)14-7-10-20(24)15(11-14)5-6-16-18(2,17(22)23)8-4-9-19(16,20)3/h11-12,16,24H,4-10H2,1-3H3,(H,22,23). The van der Waals surface area contributed by atoms with Gasteiger partial charge in [0.05, 0.1) is 11.0 Å². The summed E-state index contributed by atoms with van der Waals surface area (Å²) in [6, 6.07) is 0. The summed E-state index contributed by atoms with van der Waals surface area (Å²) in [5.41, 5.74) is 0.629. The van der Waals surface area contributed by atoms with E-state index in [1.807, 2.05) is 19.9 Å². The summed E-state index contributed by atoms with van der Waals surface area (Å²) in [6.45, 7) is 5.77. The predicted molar refractivity (Wildman–Crippen MR) is 91.5 cm³/mol. The lowest BCUT2D eigenvalue weighted by Gasteiger charge is -2.62. The maximum absolute atomic E-state index is 12.0. The highest BCUT2D eigenvalue weighted by molar-refractivity contribution is 5.76. The Hall–Kier alpha value is -1.42. The topological polar surface area (TPSA) is 74.6 Å². The van der Waals surface area contributed by atoms with E-state index in [1.165, 1.54) is 0 Å². The fourth-order valence-electron chi connectivity index (χ4n) is 5.76. The molecule has 24 heavy (non-hydrogen) atoms. The summed E-state index contributed by atoms with van der Waals surface area (Å²) >= 11 is 0. The van der Waals surface area contributed by atoms with Crippen molar-refractivity contribution in [1.82, 2.24) is 0 Å². The first-order chi connectivity index (χ1) is 11.2. The van der Waals surface area contributed by atoms with Crippen LogP contribution in [0.15, 0.2) is 22.8 Å². The second-order valence-corrected chi connectivity index (χ2v) is 8.44. The van der Waals surface area contributed by atoms with E-state index in [-0.39, 0.29) is 5.92 Å². The number of aliphatic carboxylic acids is 1. The predicted octanol–water partition coefficient (Wildman–Crippen LogP) is 3.64. The Bertz CT molecular complexity index is 646. The minimum Gasteiger partial charge on any atom is -0.481 e. The van der Waals surface area contributed by atoms with Crippen molar-refractivity contribution in [2.75, 3.05) is 0 Å². The fraction of sp³-hybridized carbons (Fsp3) is 0.700. The molecule has 4 heteroatoms. The van der Waals surface area contributed by atoms with Gasteiger partial charge in [0, 0.05) is 5.41 Å². The van der Waals surface area contributed by atoms with Crippen LogP contribution in [0.3, 0.4) is 0 Å². The van der Waals surface area contributed by atoms with Gasteiger partial charge in [-0.05, 0) is 75.0 Å². The molecule has 0 bridgehead atoms. The Labute approximate surface area is 143 Å². The van der Waals surface area contributed by atoms with E-state index in [9.17, 15) is 19.8 Å². The highest BCUT2D eigenvalue weighted by atomic mass is 16.4. The Morgan fingerprint density at radius 2 is 1.96 bits per heavy atom. The van der Waals surface area contributed by atoms with E-state index in [2.05, 4.69) is 6.92 Å². The van der Waals surface area contributed by atoms with Crippen molar-refractivity contribution in [3.63, 3.8) is 0 Å². The summed E-state index contributed by atoms with van der Waals surface area (Å²) < 4.78 is 0. The number of hydrogen-bond donors (Lipinski definition) is 2. The van der Waals surface area contributed by atoms with E-state index in [4.69, 9.17) is 0 Å². The molecule has 0 aromatic rings. The summed E-state index contributed by atoms with van der Waals surface area (Å²) in [5, 5.41) is 21.5. The third-order valence-corrected chi connectivity index (χ3v) is 7.39. The van der Waals surface area contributed by atoms with E-state index in [0.29, 0.717) is 19.3 Å². The Balaban J connectivity index is 2.07. The quantitative estimate of drug-likeness (QED) is 0.598. The second kappa shape index (κ2) is 5.55. The minimum absolute atomic E-state index is 0.0175. The van der Waals surface area contributed by atoms with Crippen LogP contribution < -0.4 is 0 Å². The highest BCUT2D eigenvalue weighted by Crippen LogP contribution is 2.64. The van der Waals surface area contributed by atoms with Gasteiger partial charge in [-0.15, -0.1) is 0 Å². The zero-order valence-corrected chi connectivity index (χ0v) is 14.9. The normalized spacial score (nSPS) is 44.0. The number of rotatable bonds is 2. The molecule has 0 aliphatic heterocycles. The number of aliphatic hydroxyl groups is 1. The summed E-state index contributed by atoms with van der Waals surface area (Å²) in [7, 11) is 0. The number of carboxylic acids is 1. The van der Waals surface area contributed by atoms with Gasteiger partial charge < -0.3 is 10.2 Å². The molecule has 3 aliphatic carbocycles. The number of carbonyl (C=O) groups is 2. The van der Waals surface area contributed by atoms with Crippen LogP contribution in [0.2, 0.25) is 0 Å². The van der Waals surface area contributed by atoms with Crippen LogP contribution in [0.1, 0.15) is 65.7 Å². The second-order valence-electron chi connectivity index (χ2n) is 8.44. The molecule has 132 valence electrons. The maximum Gasteiger partial charge on any atom is 0.309 e. The SMILES string of the molecule is CC(C=O)=C1C=C2CCC3C(C)(C(=O)O)CCCC3(C)C2(O)CC1. The molecular formula is C20H28O4. The molecule has 2 saturated carbocycles. The van der Waals surface area contributed by atoms with Gasteiger partial charge in [0.1, 0.15) is 6.29 Å². The molecule has 0 aromatic carbocycles. The van der Waals surface area contributed by atoms with Gasteiger partial charge in [-0.2, -0.15) is 0 Å². The minimum atomic E-state index is -0.945. The molecule has 2 N–H and O–H groups in total. The molecule has 0 radical (unpaired) electrons. The molecule has 3 aliphatic rings. The van der Waals surface area contributed by atoms with E-state index in [1.54, 1.807) is 0 Å². The van der Waals surface area contributed by atoms with Crippen molar-refractivity contribution >= 4 is 12.3 Å². The first kappa shape index (κ1) is 17.4. The number of aldehydes is 1. The van der Waals surface area contributed by atoms with Crippen LogP contribution in [0.4, 0.5) is 0 Å². The largest absolute Gasteiger partial charge is 0.481 e. The van der Waals surface area contributed by atoms with Crippen LogP contribution in [-0.4, -0.2) is 28.1 Å².